The van der Waals surface area contributed by atoms with Crippen molar-refractivity contribution in [2.75, 3.05) is 13.7 Å². The van der Waals surface area contributed by atoms with Gasteiger partial charge in [0.15, 0.2) is 0 Å². The van der Waals surface area contributed by atoms with Crippen molar-refractivity contribution in [3.63, 3.8) is 0 Å². The average molecular weight is 233 g/mol. The minimum atomic E-state index is -0.175. The van der Waals surface area contributed by atoms with Crippen LogP contribution in [0.5, 0.6) is 11.5 Å². The minimum Gasteiger partial charge on any atom is -0.497 e. The van der Waals surface area contributed by atoms with Gasteiger partial charge in [-0.25, -0.2) is 0 Å². The Kier molecular flexibility index (Phi) is 3.32. The highest BCUT2D eigenvalue weighted by atomic mass is 16.5. The summed E-state index contributed by atoms with van der Waals surface area (Å²) in [6.45, 7) is 4.05. The van der Waals surface area contributed by atoms with E-state index in [1.165, 1.54) is 6.08 Å². The number of benzene rings is 1. The van der Waals surface area contributed by atoms with E-state index in [1.54, 1.807) is 7.11 Å². The highest BCUT2D eigenvalue weighted by Gasteiger charge is 2.22. The third-order valence-electron chi connectivity index (χ3n) is 2.76. The molecule has 1 aliphatic rings. The van der Waals surface area contributed by atoms with E-state index in [4.69, 9.17) is 9.47 Å². The molecule has 0 radical (unpaired) electrons. The van der Waals surface area contributed by atoms with E-state index in [2.05, 4.69) is 11.9 Å². The van der Waals surface area contributed by atoms with Gasteiger partial charge in [-0.15, -0.1) is 0 Å². The molecule has 2 rings (SSSR count). The second kappa shape index (κ2) is 4.91. The predicted molar refractivity (Wildman–Crippen MR) is 64.2 cm³/mol. The van der Waals surface area contributed by atoms with Gasteiger partial charge in [-0.2, -0.15) is 0 Å². The zero-order valence-corrected chi connectivity index (χ0v) is 9.73. The summed E-state index contributed by atoms with van der Waals surface area (Å²) in [7, 11) is 1.61. The summed E-state index contributed by atoms with van der Waals surface area (Å²) in [6, 6.07) is 5.55. The molecule has 90 valence electrons. The third kappa shape index (κ3) is 2.41. The van der Waals surface area contributed by atoms with Crippen molar-refractivity contribution in [1.29, 1.82) is 0 Å². The van der Waals surface area contributed by atoms with Crippen LogP contribution in [0.1, 0.15) is 18.0 Å². The fraction of sp³-hybridized carbons (Fsp3) is 0.308. The van der Waals surface area contributed by atoms with Crippen LogP contribution in [0.15, 0.2) is 30.9 Å². The van der Waals surface area contributed by atoms with Crippen LogP contribution in [0.2, 0.25) is 0 Å². The number of ether oxygens (including phenoxy) is 2. The van der Waals surface area contributed by atoms with E-state index >= 15 is 0 Å². The Labute approximate surface area is 100 Å². The van der Waals surface area contributed by atoms with E-state index in [9.17, 15) is 4.79 Å². The van der Waals surface area contributed by atoms with E-state index in [1.807, 2.05) is 18.2 Å². The van der Waals surface area contributed by atoms with Crippen molar-refractivity contribution in [3.8, 4) is 11.5 Å². The average Bonchev–Trinajstić information content (AvgIpc) is 2.38. The molecule has 0 fully saturated rings. The molecule has 4 heteroatoms. The Balaban J connectivity index is 2.28. The van der Waals surface area contributed by atoms with Crippen LogP contribution >= 0.6 is 0 Å². The second-order valence-electron chi connectivity index (χ2n) is 3.81. The summed E-state index contributed by atoms with van der Waals surface area (Å²) in [6.07, 6.45) is 2.02. The van der Waals surface area contributed by atoms with Crippen LogP contribution in [0.3, 0.4) is 0 Å². The quantitative estimate of drug-likeness (QED) is 0.810. The largest absolute Gasteiger partial charge is 0.497 e. The molecule has 17 heavy (non-hydrogen) atoms. The van der Waals surface area contributed by atoms with Gasteiger partial charge in [0.2, 0.25) is 5.91 Å². The molecule has 4 nitrogen and oxygen atoms in total. The highest BCUT2D eigenvalue weighted by Crippen LogP contribution is 2.34. The minimum absolute atomic E-state index is 0.0423. The molecule has 0 aromatic heterocycles. The first-order valence-corrected chi connectivity index (χ1v) is 5.48. The molecule has 1 amide bonds. The van der Waals surface area contributed by atoms with Gasteiger partial charge in [0, 0.05) is 12.0 Å². The maximum atomic E-state index is 11.3. The normalized spacial score (nSPS) is 17.6. The number of methoxy groups -OCH3 is 1. The van der Waals surface area contributed by atoms with Crippen molar-refractivity contribution >= 4 is 5.91 Å². The predicted octanol–water partition coefficient (Wildman–Crippen LogP) is 1.82. The van der Waals surface area contributed by atoms with Crippen LogP contribution in [0, 0.1) is 0 Å². The summed E-state index contributed by atoms with van der Waals surface area (Å²) in [5.74, 6) is 1.38. The molecule has 0 spiro atoms. The van der Waals surface area contributed by atoms with Crippen molar-refractivity contribution < 1.29 is 14.3 Å². The van der Waals surface area contributed by atoms with Crippen molar-refractivity contribution in [1.82, 2.24) is 5.32 Å². The number of fused-ring (bicyclic) bond motifs is 1. The summed E-state index contributed by atoms with van der Waals surface area (Å²) >= 11 is 0. The SMILES string of the molecule is C=CC(=O)N[C@@H]1CCOc2ccc(OC)cc21. The monoisotopic (exact) mass is 233 g/mol. The van der Waals surface area contributed by atoms with Crippen molar-refractivity contribution in [2.45, 2.75) is 12.5 Å². The van der Waals surface area contributed by atoms with Gasteiger partial charge in [-0.3, -0.25) is 4.79 Å². The summed E-state index contributed by atoms with van der Waals surface area (Å²) in [4.78, 5) is 11.3. The van der Waals surface area contributed by atoms with E-state index in [0.717, 1.165) is 23.5 Å². The second-order valence-corrected chi connectivity index (χ2v) is 3.81. The Morgan fingerprint density at radius 2 is 2.47 bits per heavy atom. The van der Waals surface area contributed by atoms with E-state index < -0.39 is 0 Å². The first-order valence-electron chi connectivity index (χ1n) is 5.48. The number of carbonyl (C=O) groups is 1. The molecule has 1 aromatic carbocycles. The fourth-order valence-corrected chi connectivity index (χ4v) is 1.88. The van der Waals surface area contributed by atoms with Gasteiger partial charge in [0.05, 0.1) is 19.8 Å². The van der Waals surface area contributed by atoms with Gasteiger partial charge in [-0.05, 0) is 24.3 Å². The lowest BCUT2D eigenvalue weighted by atomic mass is 10.00. The lowest BCUT2D eigenvalue weighted by Gasteiger charge is -2.26. The number of hydrogen-bond donors (Lipinski definition) is 1. The molecular weight excluding hydrogens is 218 g/mol. The molecule has 1 heterocycles. The van der Waals surface area contributed by atoms with E-state index in [0.29, 0.717) is 6.61 Å². The molecule has 0 saturated carbocycles. The highest BCUT2D eigenvalue weighted by molar-refractivity contribution is 5.87. The maximum Gasteiger partial charge on any atom is 0.243 e. The molecule has 1 atom stereocenters. The van der Waals surface area contributed by atoms with Gasteiger partial charge in [-0.1, -0.05) is 6.58 Å². The van der Waals surface area contributed by atoms with Crippen LogP contribution in [-0.2, 0) is 4.79 Å². The van der Waals surface area contributed by atoms with Crippen LogP contribution < -0.4 is 14.8 Å². The third-order valence-corrected chi connectivity index (χ3v) is 2.76. The standard InChI is InChI=1S/C13H15NO3/c1-3-13(15)14-11-6-7-17-12-5-4-9(16-2)8-10(11)12/h3-5,8,11H,1,6-7H2,2H3,(H,14,15)/t11-/m1/s1. The summed E-state index contributed by atoms with van der Waals surface area (Å²) in [5, 5.41) is 2.88. The van der Waals surface area contributed by atoms with Crippen molar-refractivity contribution in [3.05, 3.63) is 36.4 Å². The Morgan fingerprint density at radius 3 is 3.18 bits per heavy atom. The molecule has 0 bridgehead atoms. The Hall–Kier alpha value is -1.97. The number of amides is 1. The fourth-order valence-electron chi connectivity index (χ4n) is 1.88. The number of hydrogen-bond acceptors (Lipinski definition) is 3. The van der Waals surface area contributed by atoms with Crippen LogP contribution in [0.4, 0.5) is 0 Å². The lowest BCUT2D eigenvalue weighted by Crippen LogP contribution is -2.30. The van der Waals surface area contributed by atoms with Crippen LogP contribution in [-0.4, -0.2) is 19.6 Å². The zero-order chi connectivity index (χ0) is 12.3. The van der Waals surface area contributed by atoms with Gasteiger partial charge in [0.25, 0.3) is 0 Å². The Morgan fingerprint density at radius 1 is 1.65 bits per heavy atom. The van der Waals surface area contributed by atoms with Crippen molar-refractivity contribution in [2.24, 2.45) is 0 Å². The van der Waals surface area contributed by atoms with Gasteiger partial charge >= 0.3 is 0 Å². The topological polar surface area (TPSA) is 47.6 Å². The molecular formula is C13H15NO3. The number of carbonyl (C=O) groups excluding carboxylic acids is 1. The first kappa shape index (κ1) is 11.5. The maximum absolute atomic E-state index is 11.3. The molecule has 1 N–H and O–H groups in total. The molecule has 0 saturated heterocycles. The smallest absolute Gasteiger partial charge is 0.243 e. The summed E-state index contributed by atoms with van der Waals surface area (Å²) in [5.41, 5.74) is 0.950. The zero-order valence-electron chi connectivity index (χ0n) is 9.73. The van der Waals surface area contributed by atoms with Gasteiger partial charge in [0.1, 0.15) is 11.5 Å². The summed E-state index contributed by atoms with van der Waals surface area (Å²) < 4.78 is 10.7. The van der Waals surface area contributed by atoms with Gasteiger partial charge < -0.3 is 14.8 Å². The van der Waals surface area contributed by atoms with E-state index in [-0.39, 0.29) is 11.9 Å². The molecule has 0 unspecified atom stereocenters. The molecule has 1 aromatic rings. The molecule has 1 aliphatic heterocycles. The number of rotatable bonds is 3. The molecule has 0 aliphatic carbocycles. The van der Waals surface area contributed by atoms with Crippen LogP contribution in [0.25, 0.3) is 0 Å². The first-order chi connectivity index (χ1) is 8.24. The lowest BCUT2D eigenvalue weighted by molar-refractivity contribution is -0.117. The Bertz CT molecular complexity index is 442. The number of nitrogens with one attached hydrogen (secondary N) is 1.